The van der Waals surface area contributed by atoms with E-state index in [0.717, 1.165) is 0 Å². The van der Waals surface area contributed by atoms with Crippen LogP contribution in [-0.4, -0.2) is 0 Å². The predicted octanol–water partition coefficient (Wildman–Crippen LogP) is 2.96. The van der Waals surface area contributed by atoms with Crippen molar-refractivity contribution in [1.29, 1.82) is 0 Å². The zero-order valence-corrected chi connectivity index (χ0v) is 6.38. The van der Waals surface area contributed by atoms with Crippen molar-refractivity contribution in [2.75, 3.05) is 0 Å². The van der Waals surface area contributed by atoms with Gasteiger partial charge in [-0.25, -0.2) is 0 Å². The average Bonchev–Trinajstić information content (AvgIpc) is 2.24. The molecule has 0 aliphatic carbocycles. The number of thiophene rings is 2. The highest BCUT2D eigenvalue weighted by Gasteiger charge is 2.02. The van der Waals surface area contributed by atoms with Crippen molar-refractivity contribution in [2.45, 2.75) is 13.8 Å². The summed E-state index contributed by atoms with van der Waals surface area (Å²) in [5, 5.41) is 0. The van der Waals surface area contributed by atoms with Gasteiger partial charge in [-0.3, -0.25) is 0 Å². The molecule has 2 bridgehead atoms. The van der Waals surface area contributed by atoms with Gasteiger partial charge in [0, 0.05) is 9.40 Å². The van der Waals surface area contributed by atoms with Crippen molar-refractivity contribution >= 4 is 20.7 Å². The Morgan fingerprint density at radius 2 is 1.44 bits per heavy atom. The van der Waals surface area contributed by atoms with E-state index in [0.29, 0.717) is 0 Å². The van der Waals surface area contributed by atoms with Crippen LogP contribution in [0.2, 0.25) is 0 Å². The van der Waals surface area contributed by atoms with Crippen LogP contribution in [0.4, 0.5) is 0 Å². The van der Waals surface area contributed by atoms with Crippen molar-refractivity contribution in [3.05, 3.63) is 23.3 Å². The molecule has 0 fully saturated rings. The van der Waals surface area contributed by atoms with Crippen molar-refractivity contribution < 1.29 is 0 Å². The van der Waals surface area contributed by atoms with Gasteiger partial charge in [0.15, 0.2) is 0 Å². The Bertz CT molecular complexity index is 287. The van der Waals surface area contributed by atoms with Crippen LogP contribution in [0.3, 0.4) is 0 Å². The fourth-order valence-electron chi connectivity index (χ4n) is 1.10. The van der Waals surface area contributed by atoms with Crippen LogP contribution in [0.25, 0.3) is 9.40 Å². The molecule has 0 radical (unpaired) electrons. The molecule has 0 N–H and O–H groups in total. The van der Waals surface area contributed by atoms with E-state index in [4.69, 9.17) is 0 Å². The second kappa shape index (κ2) is 1.48. The molecule has 0 atom stereocenters. The normalized spacial score (nSPS) is 11.3. The summed E-state index contributed by atoms with van der Waals surface area (Å²) in [5.74, 6) is 0. The van der Waals surface area contributed by atoms with Crippen molar-refractivity contribution in [3.8, 4) is 0 Å². The van der Waals surface area contributed by atoms with Gasteiger partial charge in [-0.1, -0.05) is 0 Å². The van der Waals surface area contributed by atoms with Crippen molar-refractivity contribution in [2.24, 2.45) is 0 Å². The molecule has 0 unspecified atom stereocenters. The van der Waals surface area contributed by atoms with E-state index >= 15 is 0 Å². The highest BCUT2D eigenvalue weighted by atomic mass is 32.1. The molecule has 2 heterocycles. The van der Waals surface area contributed by atoms with E-state index in [1.54, 1.807) is 0 Å². The number of benzene rings is 1. The molecule has 0 aromatic carbocycles. The minimum absolute atomic E-state index is 1.43. The van der Waals surface area contributed by atoms with E-state index in [1.807, 2.05) is 11.3 Å². The average molecular weight is 136 g/mol. The van der Waals surface area contributed by atoms with E-state index in [2.05, 4.69) is 26.0 Å². The Kier molecular flexibility index (Phi) is 0.862. The third kappa shape index (κ3) is 0.583. The lowest BCUT2D eigenvalue weighted by atomic mass is 10.2. The standard InChI is InChI=1S/C8H8S/c1-5-3-8-6(2)4-7(5)9-8/h3-4H,1-2H3. The Morgan fingerprint density at radius 1 is 1.00 bits per heavy atom. The molecule has 0 saturated heterocycles. The highest BCUT2D eigenvalue weighted by molar-refractivity contribution is 7.24. The van der Waals surface area contributed by atoms with Crippen LogP contribution in [0, 0.1) is 13.8 Å². The molecule has 0 spiro atoms. The molecule has 2 rings (SSSR count). The van der Waals surface area contributed by atoms with Crippen LogP contribution in [0.15, 0.2) is 12.1 Å². The summed E-state index contributed by atoms with van der Waals surface area (Å²) in [6.45, 7) is 4.33. The Labute approximate surface area is 58.5 Å². The molecule has 0 nitrogen and oxygen atoms in total. The maximum atomic E-state index is 2.26. The number of rotatable bonds is 0. The summed E-state index contributed by atoms with van der Waals surface area (Å²) in [6, 6.07) is 4.52. The molecule has 46 valence electrons. The third-order valence-electron chi connectivity index (χ3n) is 1.69. The van der Waals surface area contributed by atoms with E-state index < -0.39 is 0 Å². The fraction of sp³-hybridized carbons (Fsp3) is 0.250. The first kappa shape index (κ1) is 5.24. The van der Waals surface area contributed by atoms with Crippen LogP contribution in [0.5, 0.6) is 0 Å². The minimum atomic E-state index is 1.43. The summed E-state index contributed by atoms with van der Waals surface area (Å²) < 4.78 is 2.89. The number of hydrogen-bond acceptors (Lipinski definition) is 1. The molecule has 1 heteroatoms. The lowest BCUT2D eigenvalue weighted by Crippen LogP contribution is -1.67. The van der Waals surface area contributed by atoms with Crippen LogP contribution in [0.1, 0.15) is 11.1 Å². The summed E-state index contributed by atoms with van der Waals surface area (Å²) in [6.07, 6.45) is 0. The zero-order chi connectivity index (χ0) is 6.43. The topological polar surface area (TPSA) is 0 Å². The van der Waals surface area contributed by atoms with Gasteiger partial charge in [0.25, 0.3) is 0 Å². The summed E-state index contributed by atoms with van der Waals surface area (Å²) in [5.41, 5.74) is 2.86. The van der Waals surface area contributed by atoms with Gasteiger partial charge in [-0.2, -0.15) is 0 Å². The van der Waals surface area contributed by atoms with E-state index in [-0.39, 0.29) is 0 Å². The predicted molar refractivity (Wildman–Crippen MR) is 42.5 cm³/mol. The first-order valence-corrected chi connectivity index (χ1v) is 3.88. The van der Waals surface area contributed by atoms with Gasteiger partial charge in [0.05, 0.1) is 0 Å². The van der Waals surface area contributed by atoms with Crippen molar-refractivity contribution in [1.82, 2.24) is 0 Å². The maximum absolute atomic E-state index is 2.26. The van der Waals surface area contributed by atoms with Crippen LogP contribution in [-0.2, 0) is 0 Å². The molecular weight excluding hydrogens is 128 g/mol. The molecule has 0 amide bonds. The summed E-state index contributed by atoms with van der Waals surface area (Å²) in [7, 11) is 0. The number of aryl methyl sites for hydroxylation is 2. The van der Waals surface area contributed by atoms with Gasteiger partial charge in [-0.15, -0.1) is 11.3 Å². The minimum Gasteiger partial charge on any atom is -0.136 e. The highest BCUT2D eigenvalue weighted by Crippen LogP contribution is 2.31. The van der Waals surface area contributed by atoms with E-state index in [9.17, 15) is 0 Å². The van der Waals surface area contributed by atoms with Gasteiger partial charge in [-0.05, 0) is 37.1 Å². The largest absolute Gasteiger partial charge is 0.136 e. The van der Waals surface area contributed by atoms with Crippen LogP contribution < -0.4 is 0 Å². The molecule has 0 saturated carbocycles. The van der Waals surface area contributed by atoms with Crippen molar-refractivity contribution in [3.63, 3.8) is 0 Å². The third-order valence-corrected chi connectivity index (χ3v) is 3.01. The second-order valence-electron chi connectivity index (χ2n) is 2.49. The number of fused-ring (bicyclic) bond motifs is 2. The quantitative estimate of drug-likeness (QED) is 0.522. The lowest BCUT2D eigenvalue weighted by Gasteiger charge is -1.86. The first-order chi connectivity index (χ1) is 4.27. The molecule has 0 aliphatic heterocycles. The second-order valence-corrected chi connectivity index (χ2v) is 3.57. The molecule has 2 aromatic rings. The molecule has 0 aliphatic rings. The summed E-state index contributed by atoms with van der Waals surface area (Å²) >= 11 is 1.90. The molecule has 9 heavy (non-hydrogen) atoms. The van der Waals surface area contributed by atoms with Gasteiger partial charge in [0.1, 0.15) is 0 Å². The van der Waals surface area contributed by atoms with Gasteiger partial charge < -0.3 is 0 Å². The maximum Gasteiger partial charge on any atom is 0.0309 e. The van der Waals surface area contributed by atoms with Gasteiger partial charge >= 0.3 is 0 Å². The Hall–Kier alpha value is -0.560. The zero-order valence-electron chi connectivity index (χ0n) is 5.56. The Morgan fingerprint density at radius 3 is 1.67 bits per heavy atom. The van der Waals surface area contributed by atoms with E-state index in [1.165, 1.54) is 20.5 Å². The molecular formula is C8H8S. The number of hydrogen-bond donors (Lipinski definition) is 0. The summed E-state index contributed by atoms with van der Waals surface area (Å²) in [4.78, 5) is 0. The van der Waals surface area contributed by atoms with Gasteiger partial charge in [0.2, 0.25) is 0 Å². The monoisotopic (exact) mass is 136 g/mol. The lowest BCUT2D eigenvalue weighted by molar-refractivity contribution is 1.52. The Balaban J connectivity index is 2.93. The molecule has 2 aromatic heterocycles. The van der Waals surface area contributed by atoms with Crippen LogP contribution >= 0.6 is 11.3 Å². The smallest absolute Gasteiger partial charge is 0.0309 e. The fourth-order valence-corrected chi connectivity index (χ4v) is 2.25. The SMILES string of the molecule is Cc1cc2sc1cc2C. The first-order valence-electron chi connectivity index (χ1n) is 3.06.